The first-order valence-electron chi connectivity index (χ1n) is 7.13. The average Bonchev–Trinajstić information content (AvgIpc) is 2.38. The summed E-state index contributed by atoms with van der Waals surface area (Å²) in [7, 11) is 0. The minimum Gasteiger partial charge on any atom is -0.465 e. The topological polar surface area (TPSA) is 78.6 Å². The minimum absolute atomic E-state index is 0.264. The summed E-state index contributed by atoms with van der Waals surface area (Å²) in [6, 6.07) is 0. The maximum Gasteiger partial charge on any atom is 0.323 e. The van der Waals surface area contributed by atoms with Gasteiger partial charge < -0.3 is 15.2 Å². The Balaban J connectivity index is 5.08. The molecule has 0 aromatic rings. The van der Waals surface area contributed by atoms with Crippen LogP contribution < -0.4 is 5.73 Å². The molecular weight excluding hydrogens is 246 g/mol. The number of rotatable bonds is 10. The first kappa shape index (κ1) is 17.9. The number of carbonyl (C=O) groups is 2. The lowest BCUT2D eigenvalue weighted by Gasteiger charge is -2.28. The number of carbonyl (C=O) groups excluding carboxylic acids is 2. The Kier molecular flexibility index (Phi) is 9.21. The molecule has 19 heavy (non-hydrogen) atoms. The van der Waals surface area contributed by atoms with Crippen molar-refractivity contribution in [3.05, 3.63) is 0 Å². The van der Waals surface area contributed by atoms with E-state index in [1.807, 2.05) is 6.92 Å². The van der Waals surface area contributed by atoms with Crippen LogP contribution in [0.5, 0.6) is 0 Å². The summed E-state index contributed by atoms with van der Waals surface area (Å²) in [5, 5.41) is 0. The number of hydrogen-bond acceptors (Lipinski definition) is 5. The monoisotopic (exact) mass is 273 g/mol. The number of unbranched alkanes of at least 4 members (excludes halogenated alkanes) is 1. The molecule has 0 amide bonds. The van der Waals surface area contributed by atoms with Gasteiger partial charge in [-0.15, -0.1) is 0 Å². The Hall–Kier alpha value is -1.10. The molecule has 0 fully saturated rings. The van der Waals surface area contributed by atoms with Gasteiger partial charge in [-0.2, -0.15) is 0 Å². The molecule has 0 saturated carbocycles. The van der Waals surface area contributed by atoms with Crippen LogP contribution in [0, 0.1) is 5.41 Å². The molecule has 112 valence electrons. The number of nitrogens with two attached hydrogens (primary N) is 1. The molecule has 5 heteroatoms. The molecule has 0 atom stereocenters. The highest BCUT2D eigenvalue weighted by atomic mass is 16.6. The molecule has 0 bridgehead atoms. The molecule has 0 aliphatic carbocycles. The third kappa shape index (κ3) is 5.19. The summed E-state index contributed by atoms with van der Waals surface area (Å²) in [5.41, 5.74) is 4.31. The third-order valence-electron chi connectivity index (χ3n) is 3.07. The minimum atomic E-state index is -1.16. The summed E-state index contributed by atoms with van der Waals surface area (Å²) in [6.45, 7) is 6.49. The summed E-state index contributed by atoms with van der Waals surface area (Å²) in [6.07, 6.45) is 3.11. The molecule has 0 spiro atoms. The standard InChI is InChI=1S/C14H27NO4/c1-4-9-14(10-7-8-11-15,12(16)18-5-2)13(17)19-6-3/h4-11,15H2,1-3H3. The molecule has 5 nitrogen and oxygen atoms in total. The lowest BCUT2D eigenvalue weighted by molar-refractivity contribution is -0.173. The SMILES string of the molecule is CCCC(CCCCN)(C(=O)OCC)C(=O)OCC. The molecule has 0 radical (unpaired) electrons. The Morgan fingerprint density at radius 1 is 0.947 bits per heavy atom. The van der Waals surface area contributed by atoms with Gasteiger partial charge in [-0.25, -0.2) is 0 Å². The second kappa shape index (κ2) is 9.78. The molecule has 0 saturated heterocycles. The van der Waals surface area contributed by atoms with E-state index in [9.17, 15) is 9.59 Å². The predicted molar refractivity (Wildman–Crippen MR) is 73.5 cm³/mol. The van der Waals surface area contributed by atoms with Gasteiger partial charge in [0.1, 0.15) is 0 Å². The number of hydrogen-bond donors (Lipinski definition) is 1. The van der Waals surface area contributed by atoms with Crippen LogP contribution in [0.2, 0.25) is 0 Å². The fourth-order valence-electron chi connectivity index (χ4n) is 2.15. The van der Waals surface area contributed by atoms with E-state index >= 15 is 0 Å². The summed E-state index contributed by atoms with van der Waals surface area (Å²) in [5.74, 6) is -0.931. The van der Waals surface area contributed by atoms with E-state index in [4.69, 9.17) is 15.2 Å². The molecule has 0 heterocycles. The van der Waals surface area contributed by atoms with E-state index < -0.39 is 17.4 Å². The fourth-order valence-corrected chi connectivity index (χ4v) is 2.15. The van der Waals surface area contributed by atoms with Gasteiger partial charge in [0, 0.05) is 0 Å². The van der Waals surface area contributed by atoms with E-state index in [1.54, 1.807) is 13.8 Å². The lowest BCUT2D eigenvalue weighted by Crippen LogP contribution is -2.42. The zero-order valence-corrected chi connectivity index (χ0v) is 12.4. The zero-order chi connectivity index (χ0) is 14.7. The smallest absolute Gasteiger partial charge is 0.323 e. The van der Waals surface area contributed by atoms with E-state index in [1.165, 1.54) is 0 Å². The van der Waals surface area contributed by atoms with Crippen molar-refractivity contribution in [3.8, 4) is 0 Å². The average molecular weight is 273 g/mol. The van der Waals surface area contributed by atoms with E-state index in [-0.39, 0.29) is 13.2 Å². The molecule has 0 unspecified atom stereocenters. The van der Waals surface area contributed by atoms with Crippen molar-refractivity contribution in [2.45, 2.75) is 52.9 Å². The van der Waals surface area contributed by atoms with Crippen LogP contribution in [-0.4, -0.2) is 31.7 Å². The highest BCUT2D eigenvalue weighted by Crippen LogP contribution is 2.34. The van der Waals surface area contributed by atoms with E-state index in [0.29, 0.717) is 25.8 Å². The van der Waals surface area contributed by atoms with Crippen molar-refractivity contribution in [2.24, 2.45) is 11.1 Å². The van der Waals surface area contributed by atoms with Gasteiger partial charge in [-0.05, 0) is 39.7 Å². The predicted octanol–water partition coefficient (Wildman–Crippen LogP) is 2.03. The number of esters is 2. The molecule has 2 N–H and O–H groups in total. The molecule has 0 aliphatic rings. The normalized spacial score (nSPS) is 11.2. The highest BCUT2D eigenvalue weighted by Gasteiger charge is 2.47. The van der Waals surface area contributed by atoms with Gasteiger partial charge in [0.15, 0.2) is 5.41 Å². The largest absolute Gasteiger partial charge is 0.465 e. The molecule has 0 aromatic heterocycles. The van der Waals surface area contributed by atoms with Gasteiger partial charge in [0.2, 0.25) is 0 Å². The van der Waals surface area contributed by atoms with Crippen molar-refractivity contribution >= 4 is 11.9 Å². The molecular formula is C14H27NO4. The van der Waals surface area contributed by atoms with Crippen molar-refractivity contribution < 1.29 is 19.1 Å². The van der Waals surface area contributed by atoms with Crippen LogP contribution in [0.3, 0.4) is 0 Å². The van der Waals surface area contributed by atoms with Crippen molar-refractivity contribution in [1.82, 2.24) is 0 Å². The van der Waals surface area contributed by atoms with Gasteiger partial charge in [-0.1, -0.05) is 19.8 Å². The Morgan fingerprint density at radius 3 is 1.84 bits per heavy atom. The first-order chi connectivity index (χ1) is 9.08. The third-order valence-corrected chi connectivity index (χ3v) is 3.07. The van der Waals surface area contributed by atoms with Crippen molar-refractivity contribution in [1.29, 1.82) is 0 Å². The second-order valence-corrected chi connectivity index (χ2v) is 4.52. The molecule has 0 aromatic carbocycles. The van der Waals surface area contributed by atoms with E-state index in [0.717, 1.165) is 12.8 Å². The lowest BCUT2D eigenvalue weighted by atomic mass is 9.78. The Bertz CT molecular complexity index is 261. The summed E-state index contributed by atoms with van der Waals surface area (Å²) < 4.78 is 10.2. The summed E-state index contributed by atoms with van der Waals surface area (Å²) in [4.78, 5) is 24.4. The Labute approximate surface area is 115 Å². The van der Waals surface area contributed by atoms with Gasteiger partial charge >= 0.3 is 11.9 Å². The summed E-state index contributed by atoms with van der Waals surface area (Å²) >= 11 is 0. The fraction of sp³-hybridized carbons (Fsp3) is 0.857. The van der Waals surface area contributed by atoms with Crippen LogP contribution in [-0.2, 0) is 19.1 Å². The Morgan fingerprint density at radius 2 is 1.47 bits per heavy atom. The zero-order valence-electron chi connectivity index (χ0n) is 12.4. The van der Waals surface area contributed by atoms with Crippen LogP contribution in [0.1, 0.15) is 52.9 Å². The quantitative estimate of drug-likeness (QED) is 0.374. The maximum atomic E-state index is 12.2. The van der Waals surface area contributed by atoms with E-state index in [2.05, 4.69) is 0 Å². The van der Waals surface area contributed by atoms with Crippen LogP contribution in [0.4, 0.5) is 0 Å². The van der Waals surface area contributed by atoms with Crippen molar-refractivity contribution in [3.63, 3.8) is 0 Å². The molecule has 0 aliphatic heterocycles. The van der Waals surface area contributed by atoms with Crippen LogP contribution >= 0.6 is 0 Å². The van der Waals surface area contributed by atoms with Gasteiger partial charge in [0.25, 0.3) is 0 Å². The van der Waals surface area contributed by atoms with Crippen LogP contribution in [0.15, 0.2) is 0 Å². The molecule has 0 rings (SSSR count). The van der Waals surface area contributed by atoms with Crippen LogP contribution in [0.25, 0.3) is 0 Å². The van der Waals surface area contributed by atoms with Crippen molar-refractivity contribution in [2.75, 3.05) is 19.8 Å². The first-order valence-corrected chi connectivity index (χ1v) is 7.13. The van der Waals surface area contributed by atoms with Gasteiger partial charge in [-0.3, -0.25) is 9.59 Å². The number of ether oxygens (including phenoxy) is 2. The highest BCUT2D eigenvalue weighted by molar-refractivity contribution is 6.00. The maximum absolute atomic E-state index is 12.2. The van der Waals surface area contributed by atoms with Gasteiger partial charge in [0.05, 0.1) is 13.2 Å². The second-order valence-electron chi connectivity index (χ2n) is 4.52.